The topological polar surface area (TPSA) is 17.8 Å². The molecule has 1 heterocycles. The van der Waals surface area contributed by atoms with Gasteiger partial charge in [-0.1, -0.05) is 17.7 Å². The molecule has 2 nitrogen and oxygen atoms in total. The van der Waals surface area contributed by atoms with Gasteiger partial charge in [0.1, 0.15) is 11.6 Å². The van der Waals surface area contributed by atoms with E-state index in [0.29, 0.717) is 17.3 Å². The molecule has 2 aromatic carbocycles. The van der Waals surface area contributed by atoms with Gasteiger partial charge in [0.05, 0.1) is 17.6 Å². The molecule has 3 fully saturated rings. The van der Waals surface area contributed by atoms with Gasteiger partial charge in [-0.05, 0) is 128 Å². The number of rotatable bonds is 3. The van der Waals surface area contributed by atoms with Gasteiger partial charge in [0.25, 0.3) is 0 Å². The van der Waals surface area contributed by atoms with Gasteiger partial charge < -0.3 is 0 Å². The molecular weight excluding hydrogens is 414 g/mol. The molecule has 1 aromatic heterocycles. The predicted molar refractivity (Wildman–Crippen MR) is 125 cm³/mol. The summed E-state index contributed by atoms with van der Waals surface area (Å²) in [6.07, 6.45) is 14.2. The molecule has 2 atom stereocenters. The monoisotopic (exact) mass is 442 g/mol. The molecule has 0 N–H and O–H groups in total. The Morgan fingerprint density at radius 3 is 2.24 bits per heavy atom. The summed E-state index contributed by atoms with van der Waals surface area (Å²) in [4.78, 5) is 0. The Kier molecular flexibility index (Phi) is 4.11. The van der Waals surface area contributed by atoms with Crippen molar-refractivity contribution in [2.24, 2.45) is 17.3 Å². The van der Waals surface area contributed by atoms with E-state index in [1.165, 1.54) is 67.5 Å². The minimum atomic E-state index is -0.224. The number of benzene rings is 2. The first kappa shape index (κ1) is 19.7. The lowest BCUT2D eigenvalue weighted by Crippen LogP contribution is -2.38. The SMILES string of the molecule is Fc1ccc(-n2ncc3c2C=C2CCCC(C4(c5ccc(F)cc5)CC4)C2C2(CC2)C3)cc1. The van der Waals surface area contributed by atoms with E-state index < -0.39 is 0 Å². The third kappa shape index (κ3) is 2.99. The summed E-state index contributed by atoms with van der Waals surface area (Å²) in [5.41, 5.74) is 6.89. The molecule has 4 aliphatic rings. The minimum absolute atomic E-state index is 0.146. The highest BCUT2D eigenvalue weighted by Gasteiger charge is 2.62. The summed E-state index contributed by atoms with van der Waals surface area (Å²) >= 11 is 0. The lowest BCUT2D eigenvalue weighted by molar-refractivity contribution is 0.161. The number of nitrogens with zero attached hydrogens (tertiary/aromatic N) is 2. The Bertz CT molecular complexity index is 1240. The predicted octanol–water partition coefficient (Wildman–Crippen LogP) is 7.02. The average Bonchev–Trinajstić information content (AvgIpc) is 3.75. The van der Waals surface area contributed by atoms with Gasteiger partial charge in [-0.2, -0.15) is 5.10 Å². The Labute approximate surface area is 193 Å². The van der Waals surface area contributed by atoms with Crippen LogP contribution in [0.25, 0.3) is 11.8 Å². The third-order valence-corrected chi connectivity index (χ3v) is 9.07. The van der Waals surface area contributed by atoms with Gasteiger partial charge in [0, 0.05) is 0 Å². The number of aromatic nitrogens is 2. The fourth-order valence-electron chi connectivity index (χ4n) is 7.26. The smallest absolute Gasteiger partial charge is 0.123 e. The third-order valence-electron chi connectivity index (χ3n) is 9.07. The van der Waals surface area contributed by atoms with Crippen molar-refractivity contribution >= 4 is 6.08 Å². The van der Waals surface area contributed by atoms with Crippen LogP contribution in [0.3, 0.4) is 0 Å². The van der Waals surface area contributed by atoms with E-state index in [-0.39, 0.29) is 17.0 Å². The van der Waals surface area contributed by atoms with Crippen molar-refractivity contribution in [3.05, 3.63) is 88.8 Å². The summed E-state index contributed by atoms with van der Waals surface area (Å²) in [5, 5.41) is 4.72. The first-order valence-corrected chi connectivity index (χ1v) is 12.4. The maximum absolute atomic E-state index is 13.7. The molecule has 7 rings (SSSR count). The molecule has 0 saturated heterocycles. The second kappa shape index (κ2) is 6.88. The molecule has 3 aromatic rings. The molecular formula is C29H28F2N2. The van der Waals surface area contributed by atoms with E-state index >= 15 is 0 Å². The highest BCUT2D eigenvalue weighted by atomic mass is 19.1. The zero-order valence-corrected chi connectivity index (χ0v) is 18.7. The standard InChI is InChI=1S/C29H28F2N2/c30-22-6-4-21(5-7-22)29(14-15-29)25-3-1-2-19-16-26-20(17-28(12-13-28)27(19)25)18-32-33(26)24-10-8-23(31)9-11-24/h4-11,16,18,25,27H,1-3,12-15,17H2. The van der Waals surface area contributed by atoms with Crippen molar-refractivity contribution in [1.29, 1.82) is 0 Å². The number of fused-ring (bicyclic) bond motifs is 3. The van der Waals surface area contributed by atoms with Crippen LogP contribution in [-0.4, -0.2) is 9.78 Å². The second-order valence-electron chi connectivity index (χ2n) is 10.8. The summed E-state index contributed by atoms with van der Waals surface area (Å²) in [6.45, 7) is 0. The van der Waals surface area contributed by atoms with Gasteiger partial charge >= 0.3 is 0 Å². The van der Waals surface area contributed by atoms with Crippen LogP contribution < -0.4 is 0 Å². The fourth-order valence-corrected chi connectivity index (χ4v) is 7.26. The lowest BCUT2D eigenvalue weighted by Gasteiger charge is -2.44. The van der Waals surface area contributed by atoms with Gasteiger partial charge in [-0.15, -0.1) is 0 Å². The van der Waals surface area contributed by atoms with Crippen molar-refractivity contribution in [3.8, 4) is 5.69 Å². The Balaban J connectivity index is 1.32. The Morgan fingerprint density at radius 2 is 1.58 bits per heavy atom. The maximum Gasteiger partial charge on any atom is 0.123 e. The van der Waals surface area contributed by atoms with E-state index in [4.69, 9.17) is 5.10 Å². The largest absolute Gasteiger partial charge is 0.233 e. The Hall–Kier alpha value is -2.75. The van der Waals surface area contributed by atoms with Crippen molar-refractivity contribution in [3.63, 3.8) is 0 Å². The van der Waals surface area contributed by atoms with Gasteiger partial charge in [-0.3, -0.25) is 0 Å². The molecule has 0 bridgehead atoms. The van der Waals surface area contributed by atoms with Crippen LogP contribution in [0.15, 0.2) is 60.3 Å². The molecule has 2 unspecified atom stereocenters. The van der Waals surface area contributed by atoms with E-state index in [1.807, 2.05) is 35.1 Å². The summed E-state index contributed by atoms with van der Waals surface area (Å²) < 4.78 is 29.2. The minimum Gasteiger partial charge on any atom is -0.233 e. The number of halogens is 2. The van der Waals surface area contributed by atoms with E-state index in [9.17, 15) is 8.78 Å². The molecule has 3 saturated carbocycles. The van der Waals surface area contributed by atoms with Crippen LogP contribution in [0.2, 0.25) is 0 Å². The summed E-state index contributed by atoms with van der Waals surface area (Å²) in [6, 6.07) is 14.0. The summed E-state index contributed by atoms with van der Waals surface area (Å²) in [5.74, 6) is 0.847. The van der Waals surface area contributed by atoms with Crippen LogP contribution in [-0.2, 0) is 11.8 Å². The van der Waals surface area contributed by atoms with Crippen LogP contribution >= 0.6 is 0 Å². The number of hydrogen-bond donors (Lipinski definition) is 0. The van der Waals surface area contributed by atoms with Gasteiger partial charge in [0.2, 0.25) is 0 Å². The number of allylic oxidation sites excluding steroid dienone is 1. The molecule has 4 heteroatoms. The molecule has 0 aliphatic heterocycles. The lowest BCUT2D eigenvalue weighted by atomic mass is 9.60. The van der Waals surface area contributed by atoms with Crippen LogP contribution in [0.1, 0.15) is 61.8 Å². The highest BCUT2D eigenvalue weighted by Crippen LogP contribution is 2.69. The van der Waals surface area contributed by atoms with E-state index in [0.717, 1.165) is 18.5 Å². The second-order valence-corrected chi connectivity index (χ2v) is 10.8. The number of hydrogen-bond acceptors (Lipinski definition) is 1. The zero-order chi connectivity index (χ0) is 22.2. The molecule has 168 valence electrons. The maximum atomic E-state index is 13.7. The van der Waals surface area contributed by atoms with Crippen molar-refractivity contribution in [2.75, 3.05) is 0 Å². The summed E-state index contributed by atoms with van der Waals surface area (Å²) in [7, 11) is 0. The fraction of sp³-hybridized carbons (Fsp3) is 0.414. The molecule has 33 heavy (non-hydrogen) atoms. The van der Waals surface area contributed by atoms with Crippen molar-refractivity contribution in [2.45, 2.75) is 56.8 Å². The van der Waals surface area contributed by atoms with E-state index in [2.05, 4.69) is 6.08 Å². The highest BCUT2D eigenvalue weighted by molar-refractivity contribution is 5.60. The van der Waals surface area contributed by atoms with Crippen LogP contribution in [0, 0.1) is 28.9 Å². The first-order valence-electron chi connectivity index (χ1n) is 12.4. The van der Waals surface area contributed by atoms with Crippen molar-refractivity contribution in [1.82, 2.24) is 9.78 Å². The molecule has 4 aliphatic carbocycles. The van der Waals surface area contributed by atoms with E-state index in [1.54, 1.807) is 17.7 Å². The normalized spacial score (nSPS) is 26.2. The Morgan fingerprint density at radius 1 is 0.879 bits per heavy atom. The van der Waals surface area contributed by atoms with Crippen molar-refractivity contribution < 1.29 is 8.78 Å². The quantitative estimate of drug-likeness (QED) is 0.426. The molecule has 1 spiro atoms. The first-order chi connectivity index (χ1) is 16.1. The van der Waals surface area contributed by atoms with Gasteiger partial charge in [-0.25, -0.2) is 13.5 Å². The zero-order valence-electron chi connectivity index (χ0n) is 18.7. The van der Waals surface area contributed by atoms with Crippen LogP contribution in [0.4, 0.5) is 8.78 Å². The van der Waals surface area contributed by atoms with Gasteiger partial charge in [0.15, 0.2) is 0 Å². The molecule has 0 amide bonds. The average molecular weight is 443 g/mol. The molecule has 0 radical (unpaired) electrons. The van der Waals surface area contributed by atoms with Crippen LogP contribution in [0.5, 0.6) is 0 Å².